The van der Waals surface area contributed by atoms with Crippen LogP contribution in [0.15, 0.2) is 48.5 Å². The summed E-state index contributed by atoms with van der Waals surface area (Å²) in [6.07, 6.45) is -0.790. The Morgan fingerprint density at radius 3 is 2.41 bits per heavy atom. The molecule has 0 spiro atoms. The van der Waals surface area contributed by atoms with E-state index in [2.05, 4.69) is 0 Å². The lowest BCUT2D eigenvalue weighted by Crippen LogP contribution is -2.30. The molecule has 1 heterocycles. The number of hydrogen-bond acceptors (Lipinski definition) is 4. The van der Waals surface area contributed by atoms with Crippen molar-refractivity contribution in [1.82, 2.24) is 0 Å². The number of anilines is 1. The molecule has 5 nitrogen and oxygen atoms in total. The average molecular weight is 365 g/mol. The molecule has 0 unspecified atom stereocenters. The first kappa shape index (κ1) is 18.8. The number of nitrogens with zero attached hydrogens (tertiary/aromatic N) is 1. The standard InChI is InChI=1S/C22H23NO4/c1-14-8-10-17(11-9-14)21(25)16(3)27-22(26)18-12-20(24)23(13-18)19-7-5-4-6-15(19)2/h4-11,16,18H,12-13H2,1-3H3/t16-,18+/m0/s1. The number of carbonyl (C=O) groups excluding carboxylic acids is 3. The Morgan fingerprint density at radius 2 is 1.74 bits per heavy atom. The fourth-order valence-corrected chi connectivity index (χ4v) is 3.24. The van der Waals surface area contributed by atoms with Crippen LogP contribution >= 0.6 is 0 Å². The summed E-state index contributed by atoms with van der Waals surface area (Å²) in [7, 11) is 0. The third kappa shape index (κ3) is 4.08. The van der Waals surface area contributed by atoms with E-state index in [0.717, 1.165) is 16.8 Å². The highest BCUT2D eigenvalue weighted by molar-refractivity contribution is 6.02. The Balaban J connectivity index is 1.64. The first-order valence-corrected chi connectivity index (χ1v) is 9.04. The zero-order chi connectivity index (χ0) is 19.6. The van der Waals surface area contributed by atoms with Crippen molar-refractivity contribution in [3.63, 3.8) is 0 Å². The normalized spacial score (nSPS) is 17.7. The molecule has 27 heavy (non-hydrogen) atoms. The fraction of sp³-hybridized carbons (Fsp3) is 0.318. The summed E-state index contributed by atoms with van der Waals surface area (Å²) in [6, 6.07) is 14.7. The Morgan fingerprint density at radius 1 is 1.07 bits per heavy atom. The molecular formula is C22H23NO4. The van der Waals surface area contributed by atoms with Crippen LogP contribution < -0.4 is 4.90 Å². The molecule has 2 aromatic carbocycles. The Hall–Kier alpha value is -2.95. The molecule has 0 N–H and O–H groups in total. The molecule has 0 radical (unpaired) electrons. The van der Waals surface area contributed by atoms with E-state index >= 15 is 0 Å². The van der Waals surface area contributed by atoms with Crippen LogP contribution in [-0.2, 0) is 14.3 Å². The second-order valence-corrected chi connectivity index (χ2v) is 7.00. The number of carbonyl (C=O) groups is 3. The third-order valence-corrected chi connectivity index (χ3v) is 4.86. The molecule has 1 aliphatic rings. The minimum Gasteiger partial charge on any atom is -0.454 e. The van der Waals surface area contributed by atoms with Crippen LogP contribution in [-0.4, -0.2) is 30.3 Å². The number of benzene rings is 2. The summed E-state index contributed by atoms with van der Waals surface area (Å²) in [5, 5.41) is 0. The van der Waals surface area contributed by atoms with Gasteiger partial charge in [-0.1, -0.05) is 48.0 Å². The quantitative estimate of drug-likeness (QED) is 0.601. The van der Waals surface area contributed by atoms with Gasteiger partial charge in [0.15, 0.2) is 6.10 Å². The predicted molar refractivity (Wildman–Crippen MR) is 103 cm³/mol. The molecule has 0 bridgehead atoms. The van der Waals surface area contributed by atoms with Gasteiger partial charge in [-0.2, -0.15) is 0 Å². The number of amides is 1. The largest absolute Gasteiger partial charge is 0.454 e. The van der Waals surface area contributed by atoms with E-state index in [1.807, 2.05) is 50.2 Å². The molecule has 0 saturated carbocycles. The van der Waals surface area contributed by atoms with Crippen molar-refractivity contribution in [3.05, 3.63) is 65.2 Å². The van der Waals surface area contributed by atoms with Crippen LogP contribution in [0.1, 0.15) is 34.8 Å². The third-order valence-electron chi connectivity index (χ3n) is 4.86. The van der Waals surface area contributed by atoms with Gasteiger partial charge in [-0.05, 0) is 32.4 Å². The molecule has 2 atom stereocenters. The summed E-state index contributed by atoms with van der Waals surface area (Å²) in [5.41, 5.74) is 3.34. The lowest BCUT2D eigenvalue weighted by atomic mass is 10.1. The maximum Gasteiger partial charge on any atom is 0.312 e. The van der Waals surface area contributed by atoms with Crippen molar-refractivity contribution >= 4 is 23.3 Å². The van der Waals surface area contributed by atoms with Gasteiger partial charge in [-0.25, -0.2) is 0 Å². The highest BCUT2D eigenvalue weighted by Gasteiger charge is 2.37. The van der Waals surface area contributed by atoms with Gasteiger partial charge in [-0.3, -0.25) is 14.4 Å². The maximum atomic E-state index is 12.5. The monoisotopic (exact) mass is 365 g/mol. The zero-order valence-electron chi connectivity index (χ0n) is 15.8. The van der Waals surface area contributed by atoms with Crippen molar-refractivity contribution in [3.8, 4) is 0 Å². The molecule has 140 valence electrons. The van der Waals surface area contributed by atoms with Crippen molar-refractivity contribution in [2.75, 3.05) is 11.4 Å². The topological polar surface area (TPSA) is 63.7 Å². The van der Waals surface area contributed by atoms with Crippen LogP contribution in [0.25, 0.3) is 0 Å². The Labute approximate surface area is 158 Å². The van der Waals surface area contributed by atoms with E-state index in [-0.39, 0.29) is 24.7 Å². The molecule has 0 aromatic heterocycles. The fourth-order valence-electron chi connectivity index (χ4n) is 3.24. The molecule has 1 saturated heterocycles. The van der Waals surface area contributed by atoms with Gasteiger partial charge in [0.2, 0.25) is 11.7 Å². The predicted octanol–water partition coefficient (Wildman–Crippen LogP) is 3.47. The first-order chi connectivity index (χ1) is 12.9. The zero-order valence-corrected chi connectivity index (χ0v) is 15.8. The molecule has 0 aliphatic carbocycles. The van der Waals surface area contributed by atoms with Gasteiger partial charge in [0.05, 0.1) is 5.92 Å². The number of esters is 1. The van der Waals surface area contributed by atoms with Gasteiger partial charge in [-0.15, -0.1) is 0 Å². The van der Waals surface area contributed by atoms with Gasteiger partial charge in [0.25, 0.3) is 0 Å². The van der Waals surface area contributed by atoms with E-state index in [0.29, 0.717) is 5.56 Å². The number of rotatable bonds is 5. The molecule has 1 aliphatic heterocycles. The van der Waals surface area contributed by atoms with Crippen LogP contribution in [0.3, 0.4) is 0 Å². The minimum atomic E-state index is -0.886. The highest BCUT2D eigenvalue weighted by atomic mass is 16.5. The van der Waals surface area contributed by atoms with Crippen LogP contribution in [0.5, 0.6) is 0 Å². The Bertz CT molecular complexity index is 872. The lowest BCUT2D eigenvalue weighted by Gasteiger charge is -2.19. The molecular weight excluding hydrogens is 342 g/mol. The Kier molecular flexibility index (Phi) is 5.40. The van der Waals surface area contributed by atoms with E-state index in [9.17, 15) is 14.4 Å². The number of ketones is 1. The molecule has 2 aromatic rings. The lowest BCUT2D eigenvalue weighted by molar-refractivity contribution is -0.151. The summed E-state index contributed by atoms with van der Waals surface area (Å²) in [6.45, 7) is 5.70. The van der Waals surface area contributed by atoms with Gasteiger partial charge in [0, 0.05) is 24.2 Å². The number of hydrogen-bond donors (Lipinski definition) is 0. The summed E-state index contributed by atoms with van der Waals surface area (Å²) < 4.78 is 5.38. The van der Waals surface area contributed by atoms with Crippen molar-refractivity contribution in [2.45, 2.75) is 33.3 Å². The molecule has 5 heteroatoms. The number of Topliss-reactive ketones (excluding diaryl/α,β-unsaturated/α-hetero) is 1. The minimum absolute atomic E-state index is 0.0958. The second kappa shape index (κ2) is 7.74. The highest BCUT2D eigenvalue weighted by Crippen LogP contribution is 2.28. The average Bonchev–Trinajstić information content (AvgIpc) is 3.04. The van der Waals surface area contributed by atoms with E-state index in [1.54, 1.807) is 24.0 Å². The van der Waals surface area contributed by atoms with E-state index in [4.69, 9.17) is 4.74 Å². The molecule has 1 amide bonds. The van der Waals surface area contributed by atoms with Gasteiger partial charge >= 0.3 is 5.97 Å². The van der Waals surface area contributed by atoms with Gasteiger partial charge in [0.1, 0.15) is 0 Å². The number of aryl methyl sites for hydroxylation is 2. The van der Waals surface area contributed by atoms with Crippen LogP contribution in [0.4, 0.5) is 5.69 Å². The smallest absolute Gasteiger partial charge is 0.312 e. The number of ether oxygens (including phenoxy) is 1. The van der Waals surface area contributed by atoms with Crippen molar-refractivity contribution in [1.29, 1.82) is 0 Å². The number of para-hydroxylation sites is 1. The molecule has 1 fully saturated rings. The van der Waals surface area contributed by atoms with Crippen LogP contribution in [0.2, 0.25) is 0 Å². The SMILES string of the molecule is Cc1ccc(C(=O)[C@H](C)OC(=O)[C@@H]2CC(=O)N(c3ccccc3C)C2)cc1. The van der Waals surface area contributed by atoms with Crippen molar-refractivity contribution < 1.29 is 19.1 Å². The summed E-state index contributed by atoms with van der Waals surface area (Å²) in [5.74, 6) is -1.43. The first-order valence-electron chi connectivity index (χ1n) is 9.04. The van der Waals surface area contributed by atoms with Crippen molar-refractivity contribution in [2.24, 2.45) is 5.92 Å². The maximum absolute atomic E-state index is 12.5. The van der Waals surface area contributed by atoms with E-state index in [1.165, 1.54) is 0 Å². The van der Waals surface area contributed by atoms with Gasteiger partial charge < -0.3 is 9.64 Å². The second-order valence-electron chi connectivity index (χ2n) is 7.00. The summed E-state index contributed by atoms with van der Waals surface area (Å²) in [4.78, 5) is 38.9. The summed E-state index contributed by atoms with van der Waals surface area (Å²) >= 11 is 0. The van der Waals surface area contributed by atoms with E-state index < -0.39 is 18.0 Å². The molecule has 3 rings (SSSR count). The van der Waals surface area contributed by atoms with Crippen LogP contribution in [0, 0.1) is 19.8 Å².